The maximum absolute atomic E-state index is 12.9. The molecular formula is C19H21ClN6OS. The van der Waals surface area contributed by atoms with E-state index in [1.54, 1.807) is 10.9 Å². The highest BCUT2D eigenvalue weighted by molar-refractivity contribution is 7.71. The number of hydrogen-bond donors (Lipinski definition) is 2. The Kier molecular flexibility index (Phi) is 5.07. The molecule has 2 aromatic heterocycles. The summed E-state index contributed by atoms with van der Waals surface area (Å²) in [4.78, 5) is 12.9. The minimum Gasteiger partial charge on any atom is -0.345 e. The molecule has 0 radical (unpaired) electrons. The van der Waals surface area contributed by atoms with Gasteiger partial charge in [0.25, 0.3) is 5.91 Å². The predicted molar refractivity (Wildman–Crippen MR) is 110 cm³/mol. The fourth-order valence-corrected chi connectivity index (χ4v) is 3.81. The molecule has 0 aliphatic heterocycles. The number of rotatable bonds is 6. The molecule has 28 heavy (non-hydrogen) atoms. The highest BCUT2D eigenvalue weighted by atomic mass is 35.5. The normalized spacial score (nSPS) is 13.9. The summed E-state index contributed by atoms with van der Waals surface area (Å²) >= 11 is 11.4. The zero-order valence-corrected chi connectivity index (χ0v) is 17.2. The van der Waals surface area contributed by atoms with Crippen LogP contribution in [0.2, 0.25) is 5.02 Å². The van der Waals surface area contributed by atoms with Gasteiger partial charge in [-0.25, -0.2) is 4.68 Å². The van der Waals surface area contributed by atoms with Gasteiger partial charge in [0.05, 0.1) is 29.7 Å². The Morgan fingerprint density at radius 2 is 2.21 bits per heavy atom. The zero-order chi connectivity index (χ0) is 19.8. The summed E-state index contributed by atoms with van der Waals surface area (Å²) in [7, 11) is 0. The van der Waals surface area contributed by atoms with Crippen LogP contribution in [0.15, 0.2) is 30.5 Å². The van der Waals surface area contributed by atoms with Gasteiger partial charge in [-0.2, -0.15) is 10.2 Å². The summed E-state index contributed by atoms with van der Waals surface area (Å²) < 4.78 is 4.36. The summed E-state index contributed by atoms with van der Waals surface area (Å²) in [6, 6.07) is 7.82. The second-order valence-electron chi connectivity index (χ2n) is 7.22. The van der Waals surface area contributed by atoms with Crippen molar-refractivity contribution in [1.29, 1.82) is 0 Å². The summed E-state index contributed by atoms with van der Waals surface area (Å²) in [5.74, 6) is 0.658. The quantitative estimate of drug-likeness (QED) is 0.591. The molecule has 0 unspecified atom stereocenters. The van der Waals surface area contributed by atoms with Gasteiger partial charge in [0.2, 0.25) is 0 Å². The summed E-state index contributed by atoms with van der Waals surface area (Å²) in [6.45, 7) is 4.38. The van der Waals surface area contributed by atoms with Gasteiger partial charge in [0, 0.05) is 11.1 Å². The minimum atomic E-state index is -0.187. The molecule has 1 amide bonds. The van der Waals surface area contributed by atoms with Gasteiger partial charge < -0.3 is 5.32 Å². The number of carbonyl (C=O) groups excluding carboxylic acids is 1. The maximum atomic E-state index is 12.9. The van der Waals surface area contributed by atoms with Crippen molar-refractivity contribution in [3.63, 3.8) is 0 Å². The van der Waals surface area contributed by atoms with E-state index in [1.165, 1.54) is 0 Å². The Balaban J connectivity index is 1.59. The Morgan fingerprint density at radius 3 is 2.89 bits per heavy atom. The standard InChI is InChI=1S/C19H21ClN6OS/c1-11(2)17-15(9-22-26(17)14-5-3-4-12(20)8-14)18(27)21-10-16-23-24-19(28)25(16)13-6-7-13/h3-5,8-9,11,13H,6-7,10H2,1-2H3,(H,21,27)(H,24,28). The van der Waals surface area contributed by atoms with Crippen molar-refractivity contribution in [2.24, 2.45) is 0 Å². The Bertz CT molecular complexity index is 1080. The second kappa shape index (κ2) is 7.52. The number of aromatic amines is 1. The van der Waals surface area contributed by atoms with E-state index in [2.05, 4.69) is 20.6 Å². The summed E-state index contributed by atoms with van der Waals surface area (Å²) in [6.07, 6.45) is 3.79. The third-order valence-corrected chi connectivity index (χ3v) is 5.27. The third-order valence-electron chi connectivity index (χ3n) is 4.75. The number of aromatic nitrogens is 5. The average Bonchev–Trinajstić information content (AvgIpc) is 3.27. The van der Waals surface area contributed by atoms with Crippen LogP contribution in [0.3, 0.4) is 0 Å². The second-order valence-corrected chi connectivity index (χ2v) is 8.04. The molecule has 7 nitrogen and oxygen atoms in total. The van der Waals surface area contributed by atoms with Crippen molar-refractivity contribution in [2.75, 3.05) is 0 Å². The first-order valence-corrected chi connectivity index (χ1v) is 10.0. The summed E-state index contributed by atoms with van der Waals surface area (Å²) in [5.41, 5.74) is 2.20. The van der Waals surface area contributed by atoms with Crippen molar-refractivity contribution in [1.82, 2.24) is 29.9 Å². The molecule has 1 aromatic carbocycles. The molecule has 2 heterocycles. The molecule has 4 rings (SSSR count). The van der Waals surface area contributed by atoms with Crippen molar-refractivity contribution in [2.45, 2.75) is 45.2 Å². The highest BCUT2D eigenvalue weighted by Crippen LogP contribution is 2.35. The Morgan fingerprint density at radius 1 is 1.43 bits per heavy atom. The van der Waals surface area contributed by atoms with E-state index in [0.717, 1.165) is 30.0 Å². The van der Waals surface area contributed by atoms with Crippen LogP contribution in [-0.2, 0) is 6.54 Å². The van der Waals surface area contributed by atoms with Gasteiger partial charge in [-0.05, 0) is 49.2 Å². The lowest BCUT2D eigenvalue weighted by atomic mass is 10.1. The number of nitrogens with zero attached hydrogens (tertiary/aromatic N) is 4. The van der Waals surface area contributed by atoms with Crippen LogP contribution in [0.5, 0.6) is 0 Å². The molecule has 2 N–H and O–H groups in total. The van der Waals surface area contributed by atoms with Gasteiger partial charge in [-0.15, -0.1) is 0 Å². The van der Waals surface area contributed by atoms with Crippen LogP contribution >= 0.6 is 23.8 Å². The average molecular weight is 417 g/mol. The van der Waals surface area contributed by atoms with E-state index in [-0.39, 0.29) is 11.8 Å². The van der Waals surface area contributed by atoms with E-state index in [0.29, 0.717) is 27.9 Å². The molecular weight excluding hydrogens is 396 g/mol. The lowest BCUT2D eigenvalue weighted by Gasteiger charge is -2.13. The smallest absolute Gasteiger partial charge is 0.255 e. The van der Waals surface area contributed by atoms with Crippen molar-refractivity contribution in [3.05, 3.63) is 57.3 Å². The molecule has 146 valence electrons. The van der Waals surface area contributed by atoms with Gasteiger partial charge in [0.15, 0.2) is 10.6 Å². The number of carbonyl (C=O) groups is 1. The number of amides is 1. The first-order chi connectivity index (χ1) is 13.5. The molecule has 3 aromatic rings. The van der Waals surface area contributed by atoms with Crippen LogP contribution < -0.4 is 5.32 Å². The predicted octanol–water partition coefficient (Wildman–Crippen LogP) is 4.17. The molecule has 1 aliphatic rings. The first-order valence-electron chi connectivity index (χ1n) is 9.23. The first kappa shape index (κ1) is 18.9. The molecule has 9 heteroatoms. The largest absolute Gasteiger partial charge is 0.345 e. The molecule has 0 bridgehead atoms. The minimum absolute atomic E-state index is 0.100. The van der Waals surface area contributed by atoms with Crippen LogP contribution in [0.1, 0.15) is 60.5 Å². The van der Waals surface area contributed by atoms with Gasteiger partial charge in [-0.3, -0.25) is 14.5 Å². The van der Waals surface area contributed by atoms with Crippen molar-refractivity contribution < 1.29 is 4.79 Å². The zero-order valence-electron chi connectivity index (χ0n) is 15.6. The van der Waals surface area contributed by atoms with E-state index < -0.39 is 0 Å². The van der Waals surface area contributed by atoms with E-state index in [1.807, 2.05) is 42.7 Å². The fraction of sp³-hybridized carbons (Fsp3) is 0.368. The van der Waals surface area contributed by atoms with Crippen molar-refractivity contribution >= 4 is 29.7 Å². The monoisotopic (exact) mass is 416 g/mol. The number of H-pyrrole nitrogens is 1. The van der Waals surface area contributed by atoms with E-state index >= 15 is 0 Å². The summed E-state index contributed by atoms with van der Waals surface area (Å²) in [5, 5.41) is 15.1. The molecule has 0 spiro atoms. The number of benzene rings is 1. The Hall–Kier alpha value is -2.45. The van der Waals surface area contributed by atoms with Crippen molar-refractivity contribution in [3.8, 4) is 5.69 Å². The molecule has 0 saturated heterocycles. The topological polar surface area (TPSA) is 80.5 Å². The SMILES string of the molecule is CC(C)c1c(C(=O)NCc2n[nH]c(=S)n2C2CC2)cnn1-c1cccc(Cl)c1. The third kappa shape index (κ3) is 3.62. The molecule has 1 saturated carbocycles. The van der Waals surface area contributed by atoms with Crippen LogP contribution in [-0.4, -0.2) is 30.5 Å². The maximum Gasteiger partial charge on any atom is 0.255 e. The van der Waals surface area contributed by atoms with Gasteiger partial charge in [-0.1, -0.05) is 31.5 Å². The number of halogens is 1. The lowest BCUT2D eigenvalue weighted by Crippen LogP contribution is -2.26. The van der Waals surface area contributed by atoms with Gasteiger partial charge in [0.1, 0.15) is 0 Å². The van der Waals surface area contributed by atoms with Crippen LogP contribution in [0, 0.1) is 4.77 Å². The lowest BCUT2D eigenvalue weighted by molar-refractivity contribution is 0.0948. The van der Waals surface area contributed by atoms with Crippen LogP contribution in [0.4, 0.5) is 0 Å². The Labute approximate surface area is 172 Å². The number of hydrogen-bond acceptors (Lipinski definition) is 4. The fourth-order valence-electron chi connectivity index (χ4n) is 3.33. The molecule has 1 aliphatic carbocycles. The van der Waals surface area contributed by atoms with Gasteiger partial charge >= 0.3 is 0 Å². The number of nitrogens with one attached hydrogen (secondary N) is 2. The highest BCUT2D eigenvalue weighted by Gasteiger charge is 2.27. The molecule has 1 fully saturated rings. The van der Waals surface area contributed by atoms with E-state index in [4.69, 9.17) is 23.8 Å². The van der Waals surface area contributed by atoms with Crippen LogP contribution in [0.25, 0.3) is 5.69 Å². The van der Waals surface area contributed by atoms with E-state index in [9.17, 15) is 4.79 Å². The molecule has 0 atom stereocenters.